The molecule has 0 radical (unpaired) electrons. The van der Waals surface area contributed by atoms with Crippen molar-refractivity contribution in [3.63, 3.8) is 0 Å². The Morgan fingerprint density at radius 2 is 1.88 bits per heavy atom. The van der Waals surface area contributed by atoms with Crippen LogP contribution in [0.25, 0.3) is 16.6 Å². The van der Waals surface area contributed by atoms with E-state index in [2.05, 4.69) is 13.0 Å². The van der Waals surface area contributed by atoms with Gasteiger partial charge in [0.1, 0.15) is 5.82 Å². The summed E-state index contributed by atoms with van der Waals surface area (Å²) in [7, 11) is 0. The zero-order chi connectivity index (χ0) is 24.2. The highest BCUT2D eigenvalue weighted by Crippen LogP contribution is 2.30. The van der Waals surface area contributed by atoms with E-state index in [1.807, 2.05) is 62.1 Å². The summed E-state index contributed by atoms with van der Waals surface area (Å²) in [6.45, 7) is 8.83. The number of carbonyl (C=O) groups excluding carboxylic acids is 1. The molecule has 34 heavy (non-hydrogen) atoms. The highest BCUT2D eigenvalue weighted by molar-refractivity contribution is 5.79. The molecule has 0 saturated heterocycles. The molecule has 0 spiro atoms. The Morgan fingerprint density at radius 1 is 1.15 bits per heavy atom. The molecule has 1 atom stereocenters. The summed E-state index contributed by atoms with van der Waals surface area (Å²) in [5.41, 5.74) is 3.57. The van der Waals surface area contributed by atoms with Crippen LogP contribution >= 0.6 is 0 Å². The number of amides is 1. The molecule has 2 aromatic carbocycles. The molecule has 4 rings (SSSR count). The number of hydrogen-bond donors (Lipinski definition) is 0. The van der Waals surface area contributed by atoms with Gasteiger partial charge in [0.05, 0.1) is 22.6 Å². The third kappa shape index (κ3) is 4.94. The van der Waals surface area contributed by atoms with Gasteiger partial charge in [0, 0.05) is 13.0 Å². The van der Waals surface area contributed by atoms with Crippen molar-refractivity contribution in [1.82, 2.24) is 14.5 Å². The molecular formula is C29H37N3O2. The van der Waals surface area contributed by atoms with E-state index >= 15 is 0 Å². The highest BCUT2D eigenvalue weighted by Gasteiger charge is 2.27. The smallest absolute Gasteiger partial charge is 0.266 e. The van der Waals surface area contributed by atoms with Gasteiger partial charge in [0.25, 0.3) is 5.56 Å². The van der Waals surface area contributed by atoms with Crippen molar-refractivity contribution in [2.24, 2.45) is 5.92 Å². The molecule has 1 heterocycles. The van der Waals surface area contributed by atoms with Crippen LogP contribution in [0.15, 0.2) is 47.3 Å². The van der Waals surface area contributed by atoms with Crippen LogP contribution in [0.3, 0.4) is 0 Å². The average Bonchev–Trinajstić information content (AvgIpc) is 3.35. The molecule has 180 valence electrons. The fourth-order valence-electron chi connectivity index (χ4n) is 5.40. The second-order valence-electron chi connectivity index (χ2n) is 9.87. The number of aromatic nitrogens is 2. The first-order valence-electron chi connectivity index (χ1n) is 12.8. The lowest BCUT2D eigenvalue weighted by molar-refractivity contribution is -0.134. The number of hydrogen-bond acceptors (Lipinski definition) is 3. The van der Waals surface area contributed by atoms with Crippen molar-refractivity contribution in [1.29, 1.82) is 0 Å². The van der Waals surface area contributed by atoms with Crippen LogP contribution in [-0.2, 0) is 4.79 Å². The standard InChI is InChI=1S/C29H37N3O2/c1-5-18-31(27(33)17-15-23-10-6-7-11-23)22(4)28-30-25-13-9-8-12-24(25)29(34)32(28)26-16-14-20(2)19-21(26)3/h8-9,12-14,16,19,22-23H,5-7,10-11,15,17-18H2,1-4H3. The summed E-state index contributed by atoms with van der Waals surface area (Å²) >= 11 is 0. The van der Waals surface area contributed by atoms with Gasteiger partial charge in [-0.25, -0.2) is 4.98 Å². The Bertz CT molecular complexity index is 1220. The molecule has 1 aliphatic rings. The van der Waals surface area contributed by atoms with Gasteiger partial charge in [-0.05, 0) is 63.3 Å². The minimum atomic E-state index is -0.311. The molecule has 3 aromatic rings. The minimum absolute atomic E-state index is 0.0887. The molecule has 0 aliphatic heterocycles. The summed E-state index contributed by atoms with van der Waals surface area (Å²) in [5, 5.41) is 0.591. The number of nitrogens with zero attached hydrogens (tertiary/aromatic N) is 3. The van der Waals surface area contributed by atoms with Gasteiger partial charge in [0.2, 0.25) is 5.91 Å². The van der Waals surface area contributed by atoms with Crippen molar-refractivity contribution in [3.05, 3.63) is 69.8 Å². The monoisotopic (exact) mass is 459 g/mol. The number of fused-ring (bicyclic) bond motifs is 1. The first kappa shape index (κ1) is 24.2. The number of benzene rings is 2. The van der Waals surface area contributed by atoms with Crippen LogP contribution in [0.1, 0.15) is 81.8 Å². The molecule has 1 unspecified atom stereocenters. The summed E-state index contributed by atoms with van der Waals surface area (Å²) in [4.78, 5) is 34.1. The summed E-state index contributed by atoms with van der Waals surface area (Å²) in [6.07, 6.45) is 7.45. The fourth-order valence-corrected chi connectivity index (χ4v) is 5.40. The van der Waals surface area contributed by atoms with Crippen molar-refractivity contribution < 1.29 is 4.79 Å². The zero-order valence-corrected chi connectivity index (χ0v) is 21.0. The highest BCUT2D eigenvalue weighted by atomic mass is 16.2. The molecule has 0 bridgehead atoms. The van der Waals surface area contributed by atoms with Gasteiger partial charge >= 0.3 is 0 Å². The molecular weight excluding hydrogens is 422 g/mol. The van der Waals surface area contributed by atoms with Gasteiger partial charge in [-0.2, -0.15) is 0 Å². The number of rotatable bonds is 8. The second-order valence-corrected chi connectivity index (χ2v) is 9.87. The van der Waals surface area contributed by atoms with E-state index in [4.69, 9.17) is 4.98 Å². The third-order valence-corrected chi connectivity index (χ3v) is 7.26. The van der Waals surface area contributed by atoms with Gasteiger partial charge in [-0.15, -0.1) is 0 Å². The van der Waals surface area contributed by atoms with Crippen LogP contribution in [-0.4, -0.2) is 26.9 Å². The molecule has 1 amide bonds. The lowest BCUT2D eigenvalue weighted by Crippen LogP contribution is -2.38. The maximum atomic E-state index is 13.8. The van der Waals surface area contributed by atoms with E-state index in [-0.39, 0.29) is 17.5 Å². The van der Waals surface area contributed by atoms with Gasteiger partial charge < -0.3 is 4.90 Å². The van der Waals surface area contributed by atoms with E-state index in [1.165, 1.54) is 25.7 Å². The molecule has 1 fully saturated rings. The largest absolute Gasteiger partial charge is 0.333 e. The van der Waals surface area contributed by atoms with Crippen LogP contribution < -0.4 is 5.56 Å². The third-order valence-electron chi connectivity index (χ3n) is 7.26. The molecule has 1 aliphatic carbocycles. The number of aryl methyl sites for hydroxylation is 2. The predicted octanol–water partition coefficient (Wildman–Crippen LogP) is 6.27. The SMILES string of the molecule is CCCN(C(=O)CCC1CCCC1)C(C)c1nc2ccccc2c(=O)n1-c1ccc(C)cc1C. The lowest BCUT2D eigenvalue weighted by Gasteiger charge is -2.31. The van der Waals surface area contributed by atoms with E-state index < -0.39 is 0 Å². The first-order valence-corrected chi connectivity index (χ1v) is 12.8. The van der Waals surface area contributed by atoms with Crippen LogP contribution in [0, 0.1) is 19.8 Å². The average molecular weight is 460 g/mol. The van der Waals surface area contributed by atoms with E-state index in [9.17, 15) is 9.59 Å². The summed E-state index contributed by atoms with van der Waals surface area (Å²) in [6, 6.07) is 13.3. The summed E-state index contributed by atoms with van der Waals surface area (Å²) < 4.78 is 1.73. The van der Waals surface area contributed by atoms with Crippen LogP contribution in [0.2, 0.25) is 0 Å². The van der Waals surface area contributed by atoms with Crippen LogP contribution in [0.5, 0.6) is 0 Å². The Labute approximate surface area is 202 Å². The van der Waals surface area contributed by atoms with Crippen molar-refractivity contribution in [2.45, 2.75) is 78.7 Å². The molecule has 1 aromatic heterocycles. The number of carbonyl (C=O) groups is 1. The quantitative estimate of drug-likeness (QED) is 0.399. The Kier molecular flexibility index (Phi) is 7.50. The normalized spacial score (nSPS) is 15.1. The fraction of sp³-hybridized carbons (Fsp3) is 0.483. The van der Waals surface area contributed by atoms with Crippen LogP contribution in [0.4, 0.5) is 0 Å². The van der Waals surface area contributed by atoms with Gasteiger partial charge in [-0.3, -0.25) is 14.2 Å². The molecule has 0 N–H and O–H groups in total. The maximum absolute atomic E-state index is 13.8. The molecule has 1 saturated carbocycles. The molecule has 5 nitrogen and oxygen atoms in total. The maximum Gasteiger partial charge on any atom is 0.266 e. The topological polar surface area (TPSA) is 55.2 Å². The van der Waals surface area contributed by atoms with E-state index in [0.29, 0.717) is 35.6 Å². The second kappa shape index (κ2) is 10.5. The summed E-state index contributed by atoms with van der Waals surface area (Å²) in [5.74, 6) is 1.46. The van der Waals surface area contributed by atoms with Crippen molar-refractivity contribution in [2.75, 3.05) is 6.54 Å². The minimum Gasteiger partial charge on any atom is -0.333 e. The van der Waals surface area contributed by atoms with Gasteiger partial charge in [-0.1, -0.05) is 62.4 Å². The first-order chi connectivity index (χ1) is 16.4. The Morgan fingerprint density at radius 3 is 2.59 bits per heavy atom. The Balaban J connectivity index is 1.78. The lowest BCUT2D eigenvalue weighted by atomic mass is 10.0. The Hall–Kier alpha value is -2.95. The van der Waals surface area contributed by atoms with E-state index in [0.717, 1.165) is 29.7 Å². The number of para-hydroxylation sites is 1. The van der Waals surface area contributed by atoms with Crippen molar-refractivity contribution >= 4 is 16.8 Å². The molecule has 5 heteroatoms. The zero-order valence-electron chi connectivity index (χ0n) is 21.0. The van der Waals surface area contributed by atoms with E-state index in [1.54, 1.807) is 4.57 Å². The van der Waals surface area contributed by atoms with Crippen molar-refractivity contribution in [3.8, 4) is 5.69 Å². The predicted molar refractivity (Wildman–Crippen MR) is 138 cm³/mol. The van der Waals surface area contributed by atoms with Gasteiger partial charge in [0.15, 0.2) is 0 Å².